The molecule has 0 saturated heterocycles. The van der Waals surface area contributed by atoms with Gasteiger partial charge in [0.15, 0.2) is 5.78 Å². The highest BCUT2D eigenvalue weighted by atomic mass is 19.4. The molecule has 0 aliphatic heterocycles. The van der Waals surface area contributed by atoms with E-state index in [-0.39, 0.29) is 11.3 Å². The molecule has 3 nitrogen and oxygen atoms in total. The van der Waals surface area contributed by atoms with Crippen LogP contribution >= 0.6 is 0 Å². The molecule has 1 aromatic rings. The van der Waals surface area contributed by atoms with Gasteiger partial charge in [-0.1, -0.05) is 0 Å². The van der Waals surface area contributed by atoms with Gasteiger partial charge in [-0.2, -0.15) is 13.2 Å². The lowest BCUT2D eigenvalue weighted by atomic mass is 10.1. The molecule has 0 saturated carbocycles. The molecule has 0 aromatic heterocycles. The first-order chi connectivity index (χ1) is 8.33. The van der Waals surface area contributed by atoms with Crippen molar-refractivity contribution >= 4 is 5.78 Å². The van der Waals surface area contributed by atoms with Gasteiger partial charge in [0.25, 0.3) is 0 Å². The molecule has 0 aliphatic rings. The Morgan fingerprint density at radius 3 is 2.61 bits per heavy atom. The molecule has 0 heterocycles. The van der Waals surface area contributed by atoms with Crippen LogP contribution in [0.4, 0.5) is 17.6 Å². The maximum absolute atomic E-state index is 12.9. The summed E-state index contributed by atoms with van der Waals surface area (Å²) in [7, 11) is 1.28. The van der Waals surface area contributed by atoms with Gasteiger partial charge < -0.3 is 10.1 Å². The van der Waals surface area contributed by atoms with Crippen LogP contribution in [-0.2, 0) is 0 Å². The maximum atomic E-state index is 12.9. The van der Waals surface area contributed by atoms with E-state index in [1.165, 1.54) is 13.2 Å². The van der Waals surface area contributed by atoms with Crippen LogP contribution in [0.15, 0.2) is 18.2 Å². The number of alkyl halides is 3. The summed E-state index contributed by atoms with van der Waals surface area (Å²) in [6.07, 6.45) is -4.40. The van der Waals surface area contributed by atoms with Crippen molar-refractivity contribution in [3.05, 3.63) is 29.6 Å². The lowest BCUT2D eigenvalue weighted by Crippen LogP contribution is -2.32. The Morgan fingerprint density at radius 2 is 2.06 bits per heavy atom. The first-order valence-corrected chi connectivity index (χ1v) is 4.97. The zero-order valence-electron chi connectivity index (χ0n) is 9.47. The summed E-state index contributed by atoms with van der Waals surface area (Å²) in [5.74, 6) is -1.21. The number of carbonyl (C=O) groups is 1. The van der Waals surface area contributed by atoms with Crippen molar-refractivity contribution in [1.82, 2.24) is 5.32 Å². The van der Waals surface area contributed by atoms with Gasteiger partial charge in [-0.3, -0.25) is 4.79 Å². The minimum Gasteiger partial charge on any atom is -0.496 e. The number of halogens is 4. The SMILES string of the molecule is COc1ccc(F)cc1C(=O)CNCC(F)(F)F. The number of Topliss-reactive ketones (excluding diaryl/α,β-unsaturated/α-hetero) is 1. The van der Waals surface area contributed by atoms with E-state index < -0.39 is 30.9 Å². The Bertz CT molecular complexity index is 432. The highest BCUT2D eigenvalue weighted by Gasteiger charge is 2.26. The summed E-state index contributed by atoms with van der Waals surface area (Å²) in [5.41, 5.74) is -0.0906. The van der Waals surface area contributed by atoms with E-state index in [9.17, 15) is 22.4 Å². The lowest BCUT2D eigenvalue weighted by Gasteiger charge is -2.10. The normalized spacial score (nSPS) is 11.4. The van der Waals surface area contributed by atoms with Crippen molar-refractivity contribution < 1.29 is 27.1 Å². The molecule has 0 atom stereocenters. The quantitative estimate of drug-likeness (QED) is 0.655. The van der Waals surface area contributed by atoms with Gasteiger partial charge in [0.1, 0.15) is 11.6 Å². The molecule has 0 bridgehead atoms. The Kier molecular flexibility index (Phi) is 4.66. The minimum atomic E-state index is -4.40. The van der Waals surface area contributed by atoms with Gasteiger partial charge in [0, 0.05) is 0 Å². The van der Waals surface area contributed by atoms with Crippen molar-refractivity contribution in [1.29, 1.82) is 0 Å². The first-order valence-electron chi connectivity index (χ1n) is 4.97. The van der Waals surface area contributed by atoms with E-state index in [2.05, 4.69) is 0 Å². The number of hydrogen-bond acceptors (Lipinski definition) is 3. The van der Waals surface area contributed by atoms with Gasteiger partial charge in [0.05, 0.1) is 25.8 Å². The van der Waals surface area contributed by atoms with Crippen LogP contribution in [0.1, 0.15) is 10.4 Å². The van der Waals surface area contributed by atoms with E-state index in [1.54, 1.807) is 0 Å². The molecular weight excluding hydrogens is 254 g/mol. The summed E-state index contributed by atoms with van der Waals surface area (Å²) < 4.78 is 53.4. The van der Waals surface area contributed by atoms with E-state index in [0.29, 0.717) is 0 Å². The number of methoxy groups -OCH3 is 1. The monoisotopic (exact) mass is 265 g/mol. The summed E-state index contributed by atoms with van der Waals surface area (Å²) >= 11 is 0. The number of benzene rings is 1. The topological polar surface area (TPSA) is 38.3 Å². The van der Waals surface area contributed by atoms with Crippen LogP contribution in [0.2, 0.25) is 0 Å². The zero-order chi connectivity index (χ0) is 13.8. The molecule has 0 fully saturated rings. The molecule has 0 aliphatic carbocycles. The van der Waals surface area contributed by atoms with Crippen molar-refractivity contribution in [2.45, 2.75) is 6.18 Å². The van der Waals surface area contributed by atoms with Gasteiger partial charge in [-0.15, -0.1) is 0 Å². The van der Waals surface area contributed by atoms with E-state index in [0.717, 1.165) is 12.1 Å². The fourth-order valence-corrected chi connectivity index (χ4v) is 1.31. The molecule has 0 spiro atoms. The summed E-state index contributed by atoms with van der Waals surface area (Å²) in [6, 6.07) is 3.27. The highest BCUT2D eigenvalue weighted by Crippen LogP contribution is 2.19. The number of nitrogens with one attached hydrogen (secondary N) is 1. The van der Waals surface area contributed by atoms with Crippen molar-refractivity contribution in [2.75, 3.05) is 20.2 Å². The van der Waals surface area contributed by atoms with Gasteiger partial charge in [-0.25, -0.2) is 4.39 Å². The van der Waals surface area contributed by atoms with E-state index in [4.69, 9.17) is 4.74 Å². The summed E-state index contributed by atoms with van der Waals surface area (Å²) in [5, 5.41) is 1.94. The highest BCUT2D eigenvalue weighted by molar-refractivity contribution is 6.00. The number of ether oxygens (including phenoxy) is 1. The molecular formula is C11H11F4NO2. The van der Waals surface area contributed by atoms with Crippen LogP contribution in [0.3, 0.4) is 0 Å². The van der Waals surface area contributed by atoms with Gasteiger partial charge in [-0.05, 0) is 18.2 Å². The Balaban J connectivity index is 2.69. The molecule has 1 N–H and O–H groups in total. The van der Waals surface area contributed by atoms with Crippen LogP contribution in [0.25, 0.3) is 0 Å². The smallest absolute Gasteiger partial charge is 0.401 e. The van der Waals surface area contributed by atoms with Gasteiger partial charge >= 0.3 is 6.18 Å². The standard InChI is InChI=1S/C11H11F4NO2/c1-18-10-3-2-7(12)4-8(10)9(17)5-16-6-11(13,14)15/h2-4,16H,5-6H2,1H3. The summed E-state index contributed by atoms with van der Waals surface area (Å²) in [4.78, 5) is 11.6. The molecule has 7 heteroatoms. The fraction of sp³-hybridized carbons (Fsp3) is 0.364. The van der Waals surface area contributed by atoms with Crippen molar-refractivity contribution in [2.24, 2.45) is 0 Å². The third kappa shape index (κ3) is 4.33. The molecule has 18 heavy (non-hydrogen) atoms. The van der Waals surface area contributed by atoms with Crippen molar-refractivity contribution in [3.8, 4) is 5.75 Å². The van der Waals surface area contributed by atoms with Crippen LogP contribution in [0.5, 0.6) is 5.75 Å². The average Bonchev–Trinajstić information content (AvgIpc) is 2.27. The fourth-order valence-electron chi connectivity index (χ4n) is 1.31. The number of rotatable bonds is 5. The van der Waals surface area contributed by atoms with Gasteiger partial charge in [0.2, 0.25) is 0 Å². The first kappa shape index (κ1) is 14.4. The second-order valence-electron chi connectivity index (χ2n) is 3.49. The largest absolute Gasteiger partial charge is 0.496 e. The third-order valence-corrected chi connectivity index (χ3v) is 2.07. The van der Waals surface area contributed by atoms with Crippen molar-refractivity contribution in [3.63, 3.8) is 0 Å². The minimum absolute atomic E-state index is 0.0906. The van der Waals surface area contributed by atoms with Crippen LogP contribution in [0, 0.1) is 5.82 Å². The Morgan fingerprint density at radius 1 is 1.39 bits per heavy atom. The van der Waals surface area contributed by atoms with Crippen LogP contribution in [-0.4, -0.2) is 32.2 Å². The number of carbonyl (C=O) groups excluding carboxylic acids is 1. The Hall–Kier alpha value is -1.63. The lowest BCUT2D eigenvalue weighted by molar-refractivity contribution is -0.124. The number of hydrogen-bond donors (Lipinski definition) is 1. The predicted molar refractivity (Wildman–Crippen MR) is 56.2 cm³/mol. The molecule has 0 amide bonds. The molecule has 0 unspecified atom stereocenters. The predicted octanol–water partition coefficient (Wildman–Crippen LogP) is 2.17. The van der Waals surface area contributed by atoms with E-state index >= 15 is 0 Å². The second kappa shape index (κ2) is 5.81. The number of ketones is 1. The zero-order valence-corrected chi connectivity index (χ0v) is 9.47. The third-order valence-electron chi connectivity index (χ3n) is 2.07. The average molecular weight is 265 g/mol. The molecule has 1 aromatic carbocycles. The van der Waals surface area contributed by atoms with Crippen LogP contribution < -0.4 is 10.1 Å². The Labute approximate surface area is 101 Å². The maximum Gasteiger partial charge on any atom is 0.401 e. The molecule has 0 radical (unpaired) electrons. The summed E-state index contributed by atoms with van der Waals surface area (Å²) in [6.45, 7) is -1.82. The van der Waals surface area contributed by atoms with E-state index in [1.807, 2.05) is 5.32 Å². The molecule has 1 rings (SSSR count). The molecule has 100 valence electrons. The second-order valence-corrected chi connectivity index (χ2v) is 3.49.